The number of methoxy groups -OCH3 is 1. The fourth-order valence-electron chi connectivity index (χ4n) is 4.68. The minimum absolute atomic E-state index is 0.0478. The normalized spacial score (nSPS) is 17.4. The van der Waals surface area contributed by atoms with Crippen LogP contribution < -0.4 is 20.3 Å². The molecule has 4 rings (SSSR count). The van der Waals surface area contributed by atoms with E-state index in [4.69, 9.17) is 29.8 Å². The molecule has 1 heterocycles. The van der Waals surface area contributed by atoms with Gasteiger partial charge in [0.1, 0.15) is 11.5 Å². The highest BCUT2D eigenvalue weighted by Gasteiger charge is 2.53. The SMILES string of the molecule is C=CCNNC(=O)[C@@]1(Cc2ccccc2CN=[N+]=[N-])N=C(c2ccc(OCCCO)cc2)O[C@H]1c1cccc(OC)c1. The zero-order valence-corrected chi connectivity index (χ0v) is 23.4. The van der Waals surface area contributed by atoms with Crippen LogP contribution in [-0.2, 0) is 22.5 Å². The number of hydrazine groups is 1. The van der Waals surface area contributed by atoms with Gasteiger partial charge >= 0.3 is 0 Å². The summed E-state index contributed by atoms with van der Waals surface area (Å²) in [5, 5.41) is 12.8. The number of carbonyl (C=O) groups is 1. The van der Waals surface area contributed by atoms with Crippen molar-refractivity contribution >= 4 is 11.8 Å². The van der Waals surface area contributed by atoms with Crippen molar-refractivity contribution in [2.24, 2.45) is 10.1 Å². The van der Waals surface area contributed by atoms with E-state index in [2.05, 4.69) is 27.5 Å². The van der Waals surface area contributed by atoms with Crippen molar-refractivity contribution in [1.82, 2.24) is 10.9 Å². The standard InChI is InChI=1S/C31H34N6O5/c1-3-16-33-36-30(39)31(20-24-8-4-5-9-25(24)21-34-37-32)28(23-10-6-11-27(19-23)40-2)42-29(35-31)22-12-14-26(15-13-22)41-18-7-17-38/h3-6,8-15,19,28,33,38H,1,7,16-18,20-21H2,2H3,(H,36,39)/t28-,31-/m0/s1. The molecule has 0 fully saturated rings. The van der Waals surface area contributed by atoms with E-state index in [-0.39, 0.29) is 25.5 Å². The Morgan fingerprint density at radius 1 is 1.17 bits per heavy atom. The van der Waals surface area contributed by atoms with Crippen LogP contribution >= 0.6 is 0 Å². The summed E-state index contributed by atoms with van der Waals surface area (Å²) < 4.78 is 17.7. The Kier molecular flexibility index (Phi) is 10.5. The number of amides is 1. The Morgan fingerprint density at radius 2 is 1.95 bits per heavy atom. The van der Waals surface area contributed by atoms with Crippen LogP contribution in [0.2, 0.25) is 0 Å². The monoisotopic (exact) mass is 570 g/mol. The van der Waals surface area contributed by atoms with Gasteiger partial charge in [-0.2, -0.15) is 0 Å². The Labute approximate surface area is 244 Å². The highest BCUT2D eigenvalue weighted by Crippen LogP contribution is 2.43. The van der Waals surface area contributed by atoms with Gasteiger partial charge in [0.2, 0.25) is 5.90 Å². The van der Waals surface area contributed by atoms with Crippen molar-refractivity contribution in [3.05, 3.63) is 118 Å². The molecule has 1 amide bonds. The second-order valence-corrected chi connectivity index (χ2v) is 9.52. The summed E-state index contributed by atoms with van der Waals surface area (Å²) in [6, 6.07) is 22.0. The summed E-state index contributed by atoms with van der Waals surface area (Å²) in [6.07, 6.45) is 1.48. The first kappa shape index (κ1) is 30.1. The molecule has 0 saturated carbocycles. The van der Waals surface area contributed by atoms with Gasteiger partial charge in [-0.25, -0.2) is 10.4 Å². The molecule has 2 atom stereocenters. The molecule has 0 radical (unpaired) electrons. The van der Waals surface area contributed by atoms with Gasteiger partial charge < -0.3 is 19.3 Å². The Bertz CT molecular complexity index is 1450. The lowest BCUT2D eigenvalue weighted by atomic mass is 9.81. The molecule has 0 spiro atoms. The molecule has 42 heavy (non-hydrogen) atoms. The van der Waals surface area contributed by atoms with E-state index in [1.165, 1.54) is 0 Å². The number of carbonyl (C=O) groups excluding carboxylic acids is 1. The Balaban J connectivity index is 1.82. The second-order valence-electron chi connectivity index (χ2n) is 9.52. The Morgan fingerprint density at radius 3 is 2.67 bits per heavy atom. The molecule has 0 aromatic heterocycles. The van der Waals surface area contributed by atoms with Crippen molar-refractivity contribution < 1.29 is 24.1 Å². The number of nitrogens with zero attached hydrogens (tertiary/aromatic N) is 4. The zero-order valence-electron chi connectivity index (χ0n) is 23.4. The van der Waals surface area contributed by atoms with Gasteiger partial charge in [0, 0.05) is 36.5 Å². The van der Waals surface area contributed by atoms with E-state index in [0.29, 0.717) is 42.2 Å². The van der Waals surface area contributed by atoms with Crippen molar-refractivity contribution in [3.63, 3.8) is 0 Å². The van der Waals surface area contributed by atoms with Crippen LogP contribution in [0, 0.1) is 0 Å². The molecule has 3 N–H and O–H groups in total. The summed E-state index contributed by atoms with van der Waals surface area (Å²) in [5.74, 6) is 1.13. The molecule has 0 bridgehead atoms. The minimum Gasteiger partial charge on any atom is -0.497 e. The van der Waals surface area contributed by atoms with Crippen LogP contribution in [0.3, 0.4) is 0 Å². The molecule has 11 heteroatoms. The molecule has 0 saturated heterocycles. The fourth-order valence-corrected chi connectivity index (χ4v) is 4.68. The topological polar surface area (TPSA) is 150 Å². The molecule has 11 nitrogen and oxygen atoms in total. The van der Waals surface area contributed by atoms with Crippen LogP contribution in [0.1, 0.15) is 34.8 Å². The van der Waals surface area contributed by atoms with Crippen LogP contribution in [0.4, 0.5) is 0 Å². The summed E-state index contributed by atoms with van der Waals surface area (Å²) in [4.78, 5) is 22.0. The van der Waals surface area contributed by atoms with Crippen LogP contribution in [0.15, 0.2) is 95.6 Å². The van der Waals surface area contributed by atoms with Crippen molar-refractivity contribution in [1.29, 1.82) is 0 Å². The third-order valence-electron chi connectivity index (χ3n) is 6.76. The first-order valence-electron chi connectivity index (χ1n) is 13.5. The van der Waals surface area contributed by atoms with E-state index in [1.807, 2.05) is 60.7 Å². The van der Waals surface area contributed by atoms with E-state index in [0.717, 1.165) is 11.1 Å². The fraction of sp³-hybridized carbons (Fsp3) is 0.290. The van der Waals surface area contributed by atoms with Crippen LogP contribution in [-0.4, -0.2) is 49.3 Å². The van der Waals surface area contributed by atoms with Gasteiger partial charge in [0.05, 0.1) is 20.3 Å². The zero-order chi connectivity index (χ0) is 29.8. The molecule has 1 aliphatic heterocycles. The van der Waals surface area contributed by atoms with Crippen LogP contribution in [0.5, 0.6) is 11.5 Å². The van der Waals surface area contributed by atoms with E-state index in [1.54, 1.807) is 25.3 Å². The number of rotatable bonds is 15. The third-order valence-corrected chi connectivity index (χ3v) is 6.76. The smallest absolute Gasteiger partial charge is 0.266 e. The largest absolute Gasteiger partial charge is 0.497 e. The second kappa shape index (κ2) is 14.7. The quantitative estimate of drug-likeness (QED) is 0.0608. The minimum atomic E-state index is -1.46. The maximum atomic E-state index is 14.1. The highest BCUT2D eigenvalue weighted by molar-refractivity contribution is 6.01. The van der Waals surface area contributed by atoms with Crippen molar-refractivity contribution in [3.8, 4) is 11.5 Å². The first-order chi connectivity index (χ1) is 20.5. The van der Waals surface area contributed by atoms with E-state index < -0.39 is 17.6 Å². The number of hydrogen-bond acceptors (Lipinski definition) is 8. The van der Waals surface area contributed by atoms with Gasteiger partial charge in [-0.1, -0.05) is 47.6 Å². The summed E-state index contributed by atoms with van der Waals surface area (Å²) >= 11 is 0. The molecule has 1 aliphatic rings. The van der Waals surface area contributed by atoms with E-state index >= 15 is 0 Å². The molecule has 0 aliphatic carbocycles. The average Bonchev–Trinajstić information content (AvgIpc) is 3.41. The number of hydrogen-bond donors (Lipinski definition) is 3. The lowest BCUT2D eigenvalue weighted by Gasteiger charge is -2.31. The molecule has 3 aromatic carbocycles. The van der Waals surface area contributed by atoms with Gasteiger partial charge in [0.25, 0.3) is 5.91 Å². The summed E-state index contributed by atoms with van der Waals surface area (Å²) in [7, 11) is 1.58. The molecule has 0 unspecified atom stereocenters. The van der Waals surface area contributed by atoms with Crippen molar-refractivity contribution in [2.45, 2.75) is 31.0 Å². The molecule has 218 valence electrons. The maximum absolute atomic E-state index is 14.1. The van der Waals surface area contributed by atoms with Gasteiger partial charge in [-0.15, -0.1) is 6.58 Å². The van der Waals surface area contributed by atoms with Gasteiger partial charge in [-0.3, -0.25) is 10.2 Å². The number of benzene rings is 3. The molecular formula is C31H34N6O5. The molecule has 3 aromatic rings. The highest BCUT2D eigenvalue weighted by atomic mass is 16.5. The van der Waals surface area contributed by atoms with Crippen molar-refractivity contribution in [2.75, 3.05) is 26.9 Å². The lowest BCUT2D eigenvalue weighted by molar-refractivity contribution is -0.129. The predicted molar refractivity (Wildman–Crippen MR) is 159 cm³/mol. The maximum Gasteiger partial charge on any atom is 0.266 e. The first-order valence-corrected chi connectivity index (χ1v) is 13.5. The average molecular weight is 571 g/mol. The number of aliphatic hydroxyl groups excluding tert-OH is 1. The summed E-state index contributed by atoms with van der Waals surface area (Å²) in [5.41, 5.74) is 16.1. The molecular weight excluding hydrogens is 536 g/mol. The van der Waals surface area contributed by atoms with Crippen LogP contribution in [0.25, 0.3) is 10.4 Å². The van der Waals surface area contributed by atoms with Gasteiger partial charge in [-0.05, 0) is 58.6 Å². The number of ether oxygens (including phenoxy) is 3. The number of azide groups is 1. The third kappa shape index (κ3) is 7.08. The summed E-state index contributed by atoms with van der Waals surface area (Å²) in [6.45, 7) is 4.60. The predicted octanol–water partition coefficient (Wildman–Crippen LogP) is 4.57. The van der Waals surface area contributed by atoms with E-state index in [9.17, 15) is 4.79 Å². The number of nitrogens with one attached hydrogen (secondary N) is 2. The number of aliphatic imine (C=N–C) groups is 1. The van der Waals surface area contributed by atoms with Gasteiger partial charge in [0.15, 0.2) is 11.6 Å². The Hall–Kier alpha value is -4.83. The number of aliphatic hydroxyl groups is 1. The lowest BCUT2D eigenvalue weighted by Crippen LogP contribution is -2.54.